The molecule has 132 valence electrons. The highest BCUT2D eigenvalue weighted by Crippen LogP contribution is 2.21. The smallest absolute Gasteiger partial charge is 0.191 e. The van der Waals surface area contributed by atoms with Crippen molar-refractivity contribution in [3.63, 3.8) is 0 Å². The first-order chi connectivity index (χ1) is 11.1. The average molecular weight is 485 g/mol. The molecule has 0 radical (unpaired) electrons. The van der Waals surface area contributed by atoms with Crippen molar-refractivity contribution in [3.05, 3.63) is 34.5 Å². The van der Waals surface area contributed by atoms with Crippen LogP contribution in [0.5, 0.6) is 0 Å². The molecule has 0 bridgehead atoms. The number of hydrogen-bond acceptors (Lipinski definition) is 5. The summed E-state index contributed by atoms with van der Waals surface area (Å²) in [7, 11) is 3.55. The molecule has 3 N–H and O–H groups in total. The molecule has 0 spiro atoms. The summed E-state index contributed by atoms with van der Waals surface area (Å²) >= 11 is 11.8. The van der Waals surface area contributed by atoms with Crippen LogP contribution in [0.15, 0.2) is 23.6 Å². The molecule has 2 heterocycles. The first kappa shape index (κ1) is 20.7. The highest BCUT2D eigenvalue weighted by Gasteiger charge is 2.04. The van der Waals surface area contributed by atoms with Crippen LogP contribution in [0.4, 0.5) is 5.82 Å². The first-order valence-corrected chi connectivity index (χ1v) is 7.68. The highest BCUT2D eigenvalue weighted by atomic mass is 127. The normalized spacial score (nSPS) is 10.9. The molecule has 0 unspecified atom stereocenters. The molecule has 0 aliphatic rings. The third kappa shape index (κ3) is 6.29. The molecule has 0 saturated carbocycles. The van der Waals surface area contributed by atoms with Gasteiger partial charge in [0.25, 0.3) is 0 Å². The van der Waals surface area contributed by atoms with Crippen molar-refractivity contribution in [2.75, 3.05) is 25.5 Å². The predicted octanol–water partition coefficient (Wildman–Crippen LogP) is 1.91. The van der Waals surface area contributed by atoms with E-state index in [1.807, 2.05) is 7.05 Å². The van der Waals surface area contributed by atoms with Crippen LogP contribution in [0.25, 0.3) is 0 Å². The van der Waals surface area contributed by atoms with Crippen LogP contribution >= 0.6 is 47.2 Å². The van der Waals surface area contributed by atoms with E-state index in [1.165, 1.54) is 6.33 Å². The molecule has 0 aliphatic heterocycles. The van der Waals surface area contributed by atoms with E-state index >= 15 is 0 Å². The molecular weight excluding hydrogens is 466 g/mol. The fourth-order valence-corrected chi connectivity index (χ4v) is 2.22. The molecule has 2 aromatic heterocycles. The van der Waals surface area contributed by atoms with Gasteiger partial charge in [-0.2, -0.15) is 5.10 Å². The van der Waals surface area contributed by atoms with Crippen molar-refractivity contribution in [2.24, 2.45) is 12.0 Å². The largest absolute Gasteiger partial charge is 0.367 e. The van der Waals surface area contributed by atoms with Gasteiger partial charge in [-0.15, -0.1) is 24.0 Å². The molecule has 2 aromatic rings. The molecule has 0 fully saturated rings. The van der Waals surface area contributed by atoms with Gasteiger partial charge in [0.05, 0.1) is 16.6 Å². The van der Waals surface area contributed by atoms with E-state index in [9.17, 15) is 0 Å². The van der Waals surface area contributed by atoms with Crippen molar-refractivity contribution in [3.8, 4) is 0 Å². The first-order valence-electron chi connectivity index (χ1n) is 6.92. The Morgan fingerprint density at radius 3 is 2.67 bits per heavy atom. The van der Waals surface area contributed by atoms with Crippen LogP contribution in [0.1, 0.15) is 5.82 Å². The summed E-state index contributed by atoms with van der Waals surface area (Å²) in [5, 5.41) is 14.5. The predicted molar refractivity (Wildman–Crippen MR) is 107 cm³/mol. The zero-order valence-corrected chi connectivity index (χ0v) is 17.1. The van der Waals surface area contributed by atoms with Gasteiger partial charge in [-0.25, -0.2) is 9.97 Å². The zero-order valence-electron chi connectivity index (χ0n) is 13.3. The number of nitrogens with zero attached hydrogens (tertiary/aromatic N) is 5. The van der Waals surface area contributed by atoms with Crippen LogP contribution < -0.4 is 16.0 Å². The van der Waals surface area contributed by atoms with Crippen LogP contribution in [-0.2, 0) is 13.6 Å². The Hall–Kier alpha value is -1.33. The van der Waals surface area contributed by atoms with Crippen LogP contribution in [0.2, 0.25) is 10.0 Å². The van der Waals surface area contributed by atoms with E-state index in [2.05, 4.69) is 36.0 Å². The zero-order chi connectivity index (χ0) is 16.7. The van der Waals surface area contributed by atoms with Gasteiger partial charge in [0.2, 0.25) is 0 Å². The van der Waals surface area contributed by atoms with Crippen molar-refractivity contribution >= 4 is 59.0 Å². The fraction of sp³-hybridized carbons (Fsp3) is 0.385. The SMILES string of the molecule is CN=C(NCCNc1ncc(Cl)cc1Cl)NCc1ncnn1C.I. The molecule has 0 amide bonds. The molecule has 2 rings (SSSR count). The summed E-state index contributed by atoms with van der Waals surface area (Å²) in [6.07, 6.45) is 3.06. The topological polar surface area (TPSA) is 92.1 Å². The van der Waals surface area contributed by atoms with Gasteiger partial charge in [0, 0.05) is 33.4 Å². The molecule has 0 saturated heterocycles. The second kappa shape index (κ2) is 10.5. The Labute approximate surface area is 167 Å². The maximum atomic E-state index is 6.04. The van der Waals surface area contributed by atoms with E-state index < -0.39 is 0 Å². The molecule has 11 heteroatoms. The monoisotopic (exact) mass is 484 g/mol. The van der Waals surface area contributed by atoms with Crippen LogP contribution in [-0.4, -0.2) is 45.8 Å². The molecule has 0 aromatic carbocycles. The molecule has 0 aliphatic carbocycles. The quantitative estimate of drug-likeness (QED) is 0.251. The minimum absolute atomic E-state index is 0. The number of nitrogens with one attached hydrogen (secondary N) is 3. The van der Waals surface area contributed by atoms with Gasteiger partial charge >= 0.3 is 0 Å². The van der Waals surface area contributed by atoms with Gasteiger partial charge in [-0.3, -0.25) is 9.67 Å². The molecule has 24 heavy (non-hydrogen) atoms. The second-order valence-electron chi connectivity index (χ2n) is 4.56. The van der Waals surface area contributed by atoms with Crippen molar-refractivity contribution < 1.29 is 0 Å². The third-order valence-electron chi connectivity index (χ3n) is 2.96. The number of rotatable bonds is 6. The lowest BCUT2D eigenvalue weighted by molar-refractivity contribution is 0.673. The lowest BCUT2D eigenvalue weighted by atomic mass is 10.4. The van der Waals surface area contributed by atoms with Gasteiger partial charge < -0.3 is 16.0 Å². The summed E-state index contributed by atoms with van der Waals surface area (Å²) in [4.78, 5) is 12.4. The number of aryl methyl sites for hydroxylation is 1. The summed E-state index contributed by atoms with van der Waals surface area (Å²) in [6, 6.07) is 1.65. The number of hydrogen-bond donors (Lipinski definition) is 3. The Morgan fingerprint density at radius 2 is 2.04 bits per heavy atom. The van der Waals surface area contributed by atoms with E-state index in [0.717, 1.165) is 5.82 Å². The van der Waals surface area contributed by atoms with Gasteiger partial charge in [0.15, 0.2) is 5.96 Å². The Morgan fingerprint density at radius 1 is 1.25 bits per heavy atom. The van der Waals surface area contributed by atoms with E-state index in [1.54, 1.807) is 24.0 Å². The standard InChI is InChI=1S/C13H18Cl2N8.HI/c1-16-13(20-7-11-21-8-22-23(11)2)18-4-3-17-12-10(15)5-9(14)6-19-12;/h5-6,8H,3-4,7H2,1-2H3,(H,17,19)(H2,16,18,20);1H. The summed E-state index contributed by atoms with van der Waals surface area (Å²) in [5.74, 6) is 2.09. The number of pyridine rings is 1. The fourth-order valence-electron chi connectivity index (χ4n) is 1.77. The maximum absolute atomic E-state index is 6.04. The molecule has 0 atom stereocenters. The van der Waals surface area contributed by atoms with Crippen molar-refractivity contribution in [1.29, 1.82) is 0 Å². The summed E-state index contributed by atoms with van der Waals surface area (Å²) < 4.78 is 1.70. The average Bonchev–Trinajstić information content (AvgIpc) is 2.93. The summed E-state index contributed by atoms with van der Waals surface area (Å²) in [5.41, 5.74) is 0. The Bertz CT molecular complexity index is 676. The van der Waals surface area contributed by atoms with Crippen molar-refractivity contribution in [2.45, 2.75) is 6.54 Å². The summed E-state index contributed by atoms with van der Waals surface area (Å²) in [6.45, 7) is 1.80. The van der Waals surface area contributed by atoms with E-state index in [4.69, 9.17) is 23.2 Å². The Balaban J connectivity index is 0.00000288. The van der Waals surface area contributed by atoms with Gasteiger partial charge in [-0.05, 0) is 6.07 Å². The number of anilines is 1. The number of halogens is 3. The lowest BCUT2D eigenvalue weighted by Crippen LogP contribution is -2.39. The Kier molecular flexibility index (Phi) is 9.08. The number of aliphatic imine (C=N–C) groups is 1. The van der Waals surface area contributed by atoms with E-state index in [-0.39, 0.29) is 24.0 Å². The maximum Gasteiger partial charge on any atom is 0.191 e. The van der Waals surface area contributed by atoms with Crippen LogP contribution in [0, 0.1) is 0 Å². The number of guanidine groups is 1. The third-order valence-corrected chi connectivity index (χ3v) is 3.46. The van der Waals surface area contributed by atoms with E-state index in [0.29, 0.717) is 41.5 Å². The molecular formula is C13H19Cl2IN8. The van der Waals surface area contributed by atoms with Gasteiger partial charge in [0.1, 0.15) is 18.0 Å². The van der Waals surface area contributed by atoms with Crippen LogP contribution in [0.3, 0.4) is 0 Å². The lowest BCUT2D eigenvalue weighted by Gasteiger charge is -2.12. The minimum atomic E-state index is 0. The highest BCUT2D eigenvalue weighted by molar-refractivity contribution is 14.0. The van der Waals surface area contributed by atoms with Crippen molar-refractivity contribution in [1.82, 2.24) is 30.4 Å². The number of aromatic nitrogens is 4. The molecule has 8 nitrogen and oxygen atoms in total. The van der Waals surface area contributed by atoms with Gasteiger partial charge in [-0.1, -0.05) is 23.2 Å². The minimum Gasteiger partial charge on any atom is -0.367 e. The second-order valence-corrected chi connectivity index (χ2v) is 5.41.